The van der Waals surface area contributed by atoms with Gasteiger partial charge >= 0.3 is 0 Å². The molecular weight excluding hydrogens is 452 g/mol. The van der Waals surface area contributed by atoms with Crippen LogP contribution < -0.4 is 19.6 Å². The number of non-ortho nitro benzene ring substituents is 1. The second kappa shape index (κ2) is 9.87. The molecule has 0 saturated heterocycles. The Morgan fingerprint density at radius 2 is 1.67 bits per heavy atom. The summed E-state index contributed by atoms with van der Waals surface area (Å²) in [7, 11) is -1.29. The van der Waals surface area contributed by atoms with Crippen molar-refractivity contribution in [3.8, 4) is 17.2 Å². The van der Waals surface area contributed by atoms with E-state index < -0.39 is 20.6 Å². The quantitative estimate of drug-likeness (QED) is 0.243. The lowest BCUT2D eigenvalue weighted by molar-refractivity contribution is -0.385. The molecule has 0 aliphatic heterocycles. The first-order chi connectivity index (χ1) is 15.7. The SMILES string of the molecule is COc1ccc(NS(=O)(=O)c2cc([N+](=O)[O-])ccc2NN=Cc2cc(OC)ccc2O)cc1. The van der Waals surface area contributed by atoms with Crippen LogP contribution in [0.5, 0.6) is 17.2 Å². The Balaban J connectivity index is 1.93. The molecule has 3 N–H and O–H groups in total. The molecule has 0 radical (unpaired) electrons. The van der Waals surface area contributed by atoms with Crippen molar-refractivity contribution in [1.29, 1.82) is 0 Å². The number of methoxy groups -OCH3 is 2. The Bertz CT molecular complexity index is 1290. The zero-order valence-corrected chi connectivity index (χ0v) is 18.4. The van der Waals surface area contributed by atoms with Crippen molar-refractivity contribution in [3.05, 3.63) is 76.3 Å². The van der Waals surface area contributed by atoms with Crippen LogP contribution in [0.25, 0.3) is 0 Å². The number of hydrogen-bond acceptors (Lipinski definition) is 9. The van der Waals surface area contributed by atoms with Gasteiger partial charge in [0.25, 0.3) is 15.7 Å². The van der Waals surface area contributed by atoms with Gasteiger partial charge in [0.15, 0.2) is 0 Å². The lowest BCUT2D eigenvalue weighted by atomic mass is 10.2. The molecule has 3 aromatic carbocycles. The minimum absolute atomic E-state index is 0.0137. The number of nitrogens with zero attached hydrogens (tertiary/aromatic N) is 2. The van der Waals surface area contributed by atoms with E-state index in [4.69, 9.17) is 9.47 Å². The molecule has 11 nitrogen and oxygen atoms in total. The number of aromatic hydroxyl groups is 1. The zero-order valence-electron chi connectivity index (χ0n) is 17.6. The molecule has 0 spiro atoms. The maximum atomic E-state index is 13.0. The molecule has 33 heavy (non-hydrogen) atoms. The number of anilines is 2. The zero-order chi connectivity index (χ0) is 24.0. The normalized spacial score (nSPS) is 11.2. The highest BCUT2D eigenvalue weighted by molar-refractivity contribution is 7.92. The predicted octanol–water partition coefficient (Wildman–Crippen LogP) is 3.56. The lowest BCUT2D eigenvalue weighted by Crippen LogP contribution is -2.15. The standard InChI is InChI=1S/C21H20N4O7S/c1-31-17-6-3-15(4-7-17)24-33(29,30)21-12-16(25(27)28)5-9-19(21)23-22-13-14-11-18(32-2)8-10-20(14)26/h3-13,23-24,26H,1-2H3. The first kappa shape index (κ1) is 23.3. The predicted molar refractivity (Wildman–Crippen MR) is 123 cm³/mol. The first-order valence-electron chi connectivity index (χ1n) is 9.35. The third-order valence-electron chi connectivity index (χ3n) is 4.43. The summed E-state index contributed by atoms with van der Waals surface area (Å²) in [6, 6.07) is 13.9. The Labute approximate surface area is 189 Å². The summed E-state index contributed by atoms with van der Waals surface area (Å²) in [6.07, 6.45) is 1.26. The second-order valence-corrected chi connectivity index (χ2v) is 8.22. The summed E-state index contributed by atoms with van der Waals surface area (Å²) in [5.41, 5.74) is 2.68. The van der Waals surface area contributed by atoms with E-state index >= 15 is 0 Å². The van der Waals surface area contributed by atoms with E-state index in [0.29, 0.717) is 17.1 Å². The van der Waals surface area contributed by atoms with Gasteiger partial charge in [0.2, 0.25) is 0 Å². The third-order valence-corrected chi connectivity index (χ3v) is 5.85. The molecule has 0 unspecified atom stereocenters. The Morgan fingerprint density at radius 1 is 1.00 bits per heavy atom. The molecule has 0 aliphatic rings. The number of hydrazone groups is 1. The van der Waals surface area contributed by atoms with Gasteiger partial charge in [-0.2, -0.15) is 5.10 Å². The maximum absolute atomic E-state index is 13.0. The summed E-state index contributed by atoms with van der Waals surface area (Å²) in [5, 5.41) is 25.1. The Hall–Kier alpha value is -4.32. The number of ether oxygens (including phenoxy) is 2. The van der Waals surface area contributed by atoms with Gasteiger partial charge in [-0.05, 0) is 48.5 Å². The number of nitro groups is 1. The number of nitro benzene ring substituents is 1. The van der Waals surface area contributed by atoms with Gasteiger partial charge in [-0.3, -0.25) is 20.3 Å². The number of phenolic OH excluding ortho intramolecular Hbond substituents is 1. The number of hydrogen-bond donors (Lipinski definition) is 3. The molecular formula is C21H20N4O7S. The lowest BCUT2D eigenvalue weighted by Gasteiger charge is -2.12. The highest BCUT2D eigenvalue weighted by Crippen LogP contribution is 2.29. The highest BCUT2D eigenvalue weighted by atomic mass is 32.2. The van der Waals surface area contributed by atoms with E-state index in [-0.39, 0.29) is 22.0 Å². The second-order valence-electron chi connectivity index (χ2n) is 6.57. The van der Waals surface area contributed by atoms with Crippen LogP contribution >= 0.6 is 0 Å². The number of benzene rings is 3. The van der Waals surface area contributed by atoms with Crippen molar-refractivity contribution in [2.75, 3.05) is 24.4 Å². The molecule has 0 heterocycles. The number of sulfonamides is 1. The molecule has 3 rings (SSSR count). The van der Waals surface area contributed by atoms with Crippen LogP contribution in [0.3, 0.4) is 0 Å². The molecule has 0 atom stereocenters. The topological polar surface area (TPSA) is 152 Å². The summed E-state index contributed by atoms with van der Waals surface area (Å²) in [5.74, 6) is 0.946. The van der Waals surface area contributed by atoms with Crippen LogP contribution in [-0.4, -0.2) is 38.9 Å². The van der Waals surface area contributed by atoms with E-state index in [1.807, 2.05) is 0 Å². The average molecular weight is 472 g/mol. The first-order valence-corrected chi connectivity index (χ1v) is 10.8. The molecule has 0 amide bonds. The largest absolute Gasteiger partial charge is 0.507 e. The Kier molecular flexibility index (Phi) is 6.98. The summed E-state index contributed by atoms with van der Waals surface area (Å²) >= 11 is 0. The van der Waals surface area contributed by atoms with Crippen LogP contribution in [-0.2, 0) is 10.0 Å². The Morgan fingerprint density at radius 3 is 2.30 bits per heavy atom. The fraction of sp³-hybridized carbons (Fsp3) is 0.0952. The fourth-order valence-corrected chi connectivity index (χ4v) is 3.98. The van der Waals surface area contributed by atoms with Crippen LogP contribution in [0.1, 0.15) is 5.56 Å². The van der Waals surface area contributed by atoms with E-state index in [2.05, 4.69) is 15.2 Å². The van der Waals surface area contributed by atoms with Gasteiger partial charge in [0, 0.05) is 23.4 Å². The van der Waals surface area contributed by atoms with Gasteiger partial charge in [-0.1, -0.05) is 0 Å². The number of rotatable bonds is 9. The molecule has 0 saturated carbocycles. The van der Waals surface area contributed by atoms with Crippen molar-refractivity contribution in [2.24, 2.45) is 5.10 Å². The minimum Gasteiger partial charge on any atom is -0.507 e. The summed E-state index contributed by atoms with van der Waals surface area (Å²) in [4.78, 5) is 10.1. The van der Waals surface area contributed by atoms with E-state index in [0.717, 1.165) is 12.1 Å². The fourth-order valence-electron chi connectivity index (χ4n) is 2.74. The smallest absolute Gasteiger partial charge is 0.270 e. The van der Waals surface area contributed by atoms with Crippen molar-refractivity contribution in [1.82, 2.24) is 0 Å². The van der Waals surface area contributed by atoms with Crippen molar-refractivity contribution in [2.45, 2.75) is 4.90 Å². The van der Waals surface area contributed by atoms with Gasteiger partial charge < -0.3 is 14.6 Å². The molecule has 0 fully saturated rings. The van der Waals surface area contributed by atoms with E-state index in [9.17, 15) is 23.6 Å². The molecule has 12 heteroatoms. The van der Waals surface area contributed by atoms with Crippen LogP contribution in [0.4, 0.5) is 17.1 Å². The van der Waals surface area contributed by atoms with Crippen LogP contribution in [0.2, 0.25) is 0 Å². The molecule has 0 aromatic heterocycles. The maximum Gasteiger partial charge on any atom is 0.270 e. The minimum atomic E-state index is -4.23. The van der Waals surface area contributed by atoms with E-state index in [1.165, 1.54) is 50.8 Å². The summed E-state index contributed by atoms with van der Waals surface area (Å²) in [6.45, 7) is 0. The number of nitrogens with one attached hydrogen (secondary N) is 2. The van der Waals surface area contributed by atoms with Crippen molar-refractivity contribution < 1.29 is 27.9 Å². The van der Waals surface area contributed by atoms with Gasteiger partial charge in [-0.25, -0.2) is 8.42 Å². The van der Waals surface area contributed by atoms with Crippen molar-refractivity contribution >= 4 is 33.3 Å². The van der Waals surface area contributed by atoms with Crippen LogP contribution in [0, 0.1) is 10.1 Å². The van der Waals surface area contributed by atoms with Crippen molar-refractivity contribution in [3.63, 3.8) is 0 Å². The monoisotopic (exact) mass is 472 g/mol. The average Bonchev–Trinajstić information content (AvgIpc) is 2.80. The molecule has 172 valence electrons. The van der Waals surface area contributed by atoms with Gasteiger partial charge in [0.1, 0.15) is 22.1 Å². The molecule has 0 aliphatic carbocycles. The number of phenols is 1. The highest BCUT2D eigenvalue weighted by Gasteiger charge is 2.23. The third kappa shape index (κ3) is 5.68. The van der Waals surface area contributed by atoms with E-state index in [1.54, 1.807) is 18.2 Å². The van der Waals surface area contributed by atoms with Gasteiger partial charge in [0.05, 0.1) is 31.0 Å². The molecule has 3 aromatic rings. The summed E-state index contributed by atoms with van der Waals surface area (Å²) < 4.78 is 38.5. The van der Waals surface area contributed by atoms with Gasteiger partial charge in [-0.15, -0.1) is 0 Å². The van der Waals surface area contributed by atoms with Crippen LogP contribution in [0.15, 0.2) is 70.7 Å². The molecule has 0 bridgehead atoms.